The summed E-state index contributed by atoms with van der Waals surface area (Å²) in [6.45, 7) is 10.8. The number of halogens is 1. The number of likely N-dealkylation sites (tertiary alicyclic amines) is 1. The number of nitrogens with zero attached hydrogens (tertiary/aromatic N) is 2. The molecule has 1 heterocycles. The Hall–Kier alpha value is -1.12. The molecule has 0 aromatic heterocycles. The van der Waals surface area contributed by atoms with Crippen LogP contribution >= 0.6 is 24.0 Å². The van der Waals surface area contributed by atoms with E-state index in [1.165, 1.54) is 5.56 Å². The number of ether oxygens (including phenoxy) is 1. The summed E-state index contributed by atoms with van der Waals surface area (Å²) in [5.41, 5.74) is 1.40. The zero-order chi connectivity index (χ0) is 19.9. The molecule has 0 radical (unpaired) electrons. The van der Waals surface area contributed by atoms with Gasteiger partial charge in [-0.2, -0.15) is 0 Å². The largest absolute Gasteiger partial charge is 0.378 e. The Balaban J connectivity index is 0.00000420. The lowest BCUT2D eigenvalue weighted by Gasteiger charge is -2.31. The van der Waals surface area contributed by atoms with Gasteiger partial charge in [0.05, 0.1) is 6.10 Å². The first-order valence-corrected chi connectivity index (χ1v) is 10.8. The van der Waals surface area contributed by atoms with Crippen LogP contribution in [0.3, 0.4) is 0 Å². The molecule has 1 aliphatic rings. The van der Waals surface area contributed by atoms with Crippen LogP contribution in [-0.2, 0) is 11.3 Å². The lowest BCUT2D eigenvalue weighted by atomic mass is 10.1. The van der Waals surface area contributed by atoms with E-state index in [-0.39, 0.29) is 24.0 Å². The average Bonchev–Trinajstić information content (AvgIpc) is 2.73. The maximum absolute atomic E-state index is 6.09. The lowest BCUT2D eigenvalue weighted by molar-refractivity contribution is 0.00566. The molecule has 2 rings (SSSR count). The molecule has 5 nitrogen and oxygen atoms in total. The standard InChI is InChI=1S/C23H38N4O.HI/c1-3-5-9-15-25-23(24-4-2)26-16-10-19-28-22-13-17-27(18-14-22)20-21-11-7-6-8-12-21;/h3,5-8,11-12,22H,4,9-10,13-20H2,1-2H3,(H2,24,25,26);1H/b5-3+;. The zero-order valence-corrected chi connectivity index (χ0v) is 20.4. The molecule has 2 N–H and O–H groups in total. The fourth-order valence-electron chi connectivity index (χ4n) is 3.36. The van der Waals surface area contributed by atoms with Crippen molar-refractivity contribution in [2.45, 2.75) is 52.2 Å². The molecule has 0 aliphatic carbocycles. The van der Waals surface area contributed by atoms with Crippen molar-refractivity contribution in [3.63, 3.8) is 0 Å². The van der Waals surface area contributed by atoms with E-state index >= 15 is 0 Å². The Morgan fingerprint density at radius 3 is 2.66 bits per heavy atom. The van der Waals surface area contributed by atoms with Gasteiger partial charge in [0.15, 0.2) is 5.96 Å². The van der Waals surface area contributed by atoms with Crippen LogP contribution in [0.1, 0.15) is 45.1 Å². The second-order valence-electron chi connectivity index (χ2n) is 7.23. The topological polar surface area (TPSA) is 48.9 Å². The maximum Gasteiger partial charge on any atom is 0.191 e. The molecule has 0 atom stereocenters. The van der Waals surface area contributed by atoms with Crippen molar-refractivity contribution in [3.05, 3.63) is 48.0 Å². The second kappa shape index (κ2) is 16.7. The summed E-state index contributed by atoms with van der Waals surface area (Å²) < 4.78 is 6.09. The normalized spacial score (nSPS) is 16.0. The first-order chi connectivity index (χ1) is 13.8. The summed E-state index contributed by atoms with van der Waals surface area (Å²) in [6.07, 6.45) is 8.90. The maximum atomic E-state index is 6.09. The predicted molar refractivity (Wildman–Crippen MR) is 134 cm³/mol. The molecular formula is C23H39IN4O. The zero-order valence-electron chi connectivity index (χ0n) is 18.1. The van der Waals surface area contributed by atoms with Crippen LogP contribution in [0.2, 0.25) is 0 Å². The van der Waals surface area contributed by atoms with Crippen LogP contribution in [-0.4, -0.2) is 56.3 Å². The summed E-state index contributed by atoms with van der Waals surface area (Å²) in [5.74, 6) is 0.904. The third-order valence-corrected chi connectivity index (χ3v) is 4.89. The number of hydrogen-bond donors (Lipinski definition) is 2. The van der Waals surface area contributed by atoms with E-state index in [9.17, 15) is 0 Å². The van der Waals surface area contributed by atoms with Gasteiger partial charge in [-0.25, -0.2) is 0 Å². The number of benzene rings is 1. The molecule has 0 spiro atoms. The molecule has 0 bridgehead atoms. The van der Waals surface area contributed by atoms with Gasteiger partial charge in [0.25, 0.3) is 0 Å². The summed E-state index contributed by atoms with van der Waals surface area (Å²) in [7, 11) is 0. The Labute approximate surface area is 194 Å². The van der Waals surface area contributed by atoms with E-state index in [0.29, 0.717) is 6.10 Å². The van der Waals surface area contributed by atoms with Gasteiger partial charge in [-0.3, -0.25) is 9.89 Å². The minimum atomic E-state index is 0. The number of nitrogens with one attached hydrogen (secondary N) is 2. The van der Waals surface area contributed by atoms with Gasteiger partial charge in [-0.15, -0.1) is 24.0 Å². The average molecular weight is 514 g/mol. The Bertz CT molecular complexity index is 572. The van der Waals surface area contributed by atoms with Crippen molar-refractivity contribution in [2.24, 2.45) is 4.99 Å². The number of rotatable bonds is 11. The number of piperidine rings is 1. The molecule has 0 saturated carbocycles. The van der Waals surface area contributed by atoms with Crippen molar-refractivity contribution >= 4 is 29.9 Å². The first kappa shape index (κ1) is 25.9. The number of aliphatic imine (C=N–C) groups is 1. The summed E-state index contributed by atoms with van der Waals surface area (Å²) in [6, 6.07) is 10.7. The van der Waals surface area contributed by atoms with Crippen molar-refractivity contribution in [3.8, 4) is 0 Å². The van der Waals surface area contributed by atoms with Gasteiger partial charge in [0, 0.05) is 45.9 Å². The molecule has 6 heteroatoms. The second-order valence-corrected chi connectivity index (χ2v) is 7.23. The van der Waals surface area contributed by atoms with E-state index < -0.39 is 0 Å². The molecule has 1 saturated heterocycles. The third-order valence-electron chi connectivity index (χ3n) is 4.89. The Morgan fingerprint density at radius 1 is 1.21 bits per heavy atom. The highest BCUT2D eigenvalue weighted by Crippen LogP contribution is 2.16. The predicted octanol–water partition coefficient (Wildman–Crippen LogP) is 4.20. The Kier molecular flexibility index (Phi) is 14.9. The molecule has 0 unspecified atom stereocenters. The van der Waals surface area contributed by atoms with Crippen molar-refractivity contribution in [2.75, 3.05) is 39.3 Å². The van der Waals surface area contributed by atoms with E-state index in [1.807, 2.05) is 6.92 Å². The SMILES string of the molecule is C/C=C/CCNC(=NCCCOC1CCN(Cc2ccccc2)CC1)NCC.I. The number of allylic oxidation sites excluding steroid dienone is 1. The number of guanidine groups is 1. The third kappa shape index (κ3) is 11.6. The van der Waals surface area contributed by atoms with Gasteiger partial charge in [-0.1, -0.05) is 42.5 Å². The van der Waals surface area contributed by atoms with Gasteiger partial charge < -0.3 is 15.4 Å². The lowest BCUT2D eigenvalue weighted by Crippen LogP contribution is -2.38. The van der Waals surface area contributed by atoms with Gasteiger partial charge >= 0.3 is 0 Å². The smallest absolute Gasteiger partial charge is 0.191 e. The minimum absolute atomic E-state index is 0. The Morgan fingerprint density at radius 2 is 1.97 bits per heavy atom. The summed E-state index contributed by atoms with van der Waals surface area (Å²) in [4.78, 5) is 7.16. The fraction of sp³-hybridized carbons (Fsp3) is 0.609. The van der Waals surface area contributed by atoms with E-state index in [2.05, 4.69) is 69.9 Å². The summed E-state index contributed by atoms with van der Waals surface area (Å²) in [5, 5.41) is 6.65. The minimum Gasteiger partial charge on any atom is -0.378 e. The van der Waals surface area contributed by atoms with Crippen LogP contribution in [0.5, 0.6) is 0 Å². The van der Waals surface area contributed by atoms with Gasteiger partial charge in [0.2, 0.25) is 0 Å². The van der Waals surface area contributed by atoms with Crippen molar-refractivity contribution in [1.82, 2.24) is 15.5 Å². The highest BCUT2D eigenvalue weighted by atomic mass is 127. The monoisotopic (exact) mass is 514 g/mol. The van der Waals surface area contributed by atoms with Crippen LogP contribution in [0, 0.1) is 0 Å². The van der Waals surface area contributed by atoms with Crippen molar-refractivity contribution in [1.29, 1.82) is 0 Å². The number of hydrogen-bond acceptors (Lipinski definition) is 3. The molecule has 1 aromatic rings. The molecule has 1 aromatic carbocycles. The molecule has 164 valence electrons. The quantitative estimate of drug-likeness (QED) is 0.153. The van der Waals surface area contributed by atoms with E-state index in [1.54, 1.807) is 0 Å². The van der Waals surface area contributed by atoms with E-state index in [4.69, 9.17) is 4.74 Å². The molecule has 1 aliphatic heterocycles. The van der Waals surface area contributed by atoms with Gasteiger partial charge in [-0.05, 0) is 45.1 Å². The fourth-order valence-corrected chi connectivity index (χ4v) is 3.36. The van der Waals surface area contributed by atoms with Crippen LogP contribution in [0.25, 0.3) is 0 Å². The molecule has 1 fully saturated rings. The van der Waals surface area contributed by atoms with E-state index in [0.717, 1.165) is 77.5 Å². The highest BCUT2D eigenvalue weighted by molar-refractivity contribution is 14.0. The molecule has 0 amide bonds. The molecule has 29 heavy (non-hydrogen) atoms. The van der Waals surface area contributed by atoms with Gasteiger partial charge in [0.1, 0.15) is 0 Å². The molecular weight excluding hydrogens is 475 g/mol. The van der Waals surface area contributed by atoms with Crippen LogP contribution in [0.15, 0.2) is 47.5 Å². The first-order valence-electron chi connectivity index (χ1n) is 10.8. The van der Waals surface area contributed by atoms with Crippen LogP contribution < -0.4 is 10.6 Å². The van der Waals surface area contributed by atoms with Crippen LogP contribution in [0.4, 0.5) is 0 Å². The summed E-state index contributed by atoms with van der Waals surface area (Å²) >= 11 is 0. The van der Waals surface area contributed by atoms with Crippen molar-refractivity contribution < 1.29 is 4.74 Å². The highest BCUT2D eigenvalue weighted by Gasteiger charge is 2.19.